The first-order chi connectivity index (χ1) is 18.3. The average Bonchev–Trinajstić information content (AvgIpc) is 3.00. The molecule has 0 saturated heterocycles. The van der Waals surface area contributed by atoms with E-state index in [1.165, 1.54) is 45.7 Å². The zero-order chi connectivity index (χ0) is 24.9. The first-order valence-corrected chi connectivity index (χ1v) is 16.4. The topological polar surface area (TPSA) is 0 Å². The van der Waals surface area contributed by atoms with Gasteiger partial charge in [0.15, 0.2) is 0 Å². The third-order valence-electron chi connectivity index (χ3n) is 7.05. The van der Waals surface area contributed by atoms with Gasteiger partial charge in [-0.1, -0.05) is 0 Å². The van der Waals surface area contributed by atoms with Crippen LogP contribution in [0.15, 0.2) is 164 Å². The van der Waals surface area contributed by atoms with Crippen LogP contribution in [0.1, 0.15) is 0 Å². The number of rotatable bonds is 6. The van der Waals surface area contributed by atoms with Crippen LogP contribution >= 0.6 is 0 Å². The van der Waals surface area contributed by atoms with Crippen LogP contribution in [-0.4, -0.2) is 16.2 Å². The molecule has 6 aromatic carbocycles. The molecule has 0 aliphatic heterocycles. The molecular weight excluding hydrogens is 502 g/mol. The van der Waals surface area contributed by atoms with Gasteiger partial charge < -0.3 is 0 Å². The first-order valence-electron chi connectivity index (χ1n) is 12.8. The van der Waals surface area contributed by atoms with Crippen molar-refractivity contribution in [1.82, 2.24) is 0 Å². The van der Waals surface area contributed by atoms with Crippen LogP contribution in [-0.2, 0) is 0 Å². The normalized spacial score (nSPS) is 10.7. The molecule has 1 heteroatoms. The van der Waals surface area contributed by atoms with Crippen LogP contribution < -0.4 is 12.4 Å². The van der Waals surface area contributed by atoms with Crippen molar-refractivity contribution in [1.29, 1.82) is 0 Å². The van der Waals surface area contributed by atoms with Crippen LogP contribution in [0.4, 0.5) is 0 Å². The Bertz CT molecular complexity index is 1360. The van der Waals surface area contributed by atoms with Gasteiger partial charge in [-0.25, -0.2) is 0 Å². The summed E-state index contributed by atoms with van der Waals surface area (Å²) in [5.74, 6) is 0. The molecule has 0 radical (unpaired) electrons. The Morgan fingerprint density at radius 3 is 0.676 bits per heavy atom. The third-order valence-corrected chi connectivity index (χ3v) is 13.7. The summed E-state index contributed by atoms with van der Waals surface area (Å²) in [6.07, 6.45) is 0. The van der Waals surface area contributed by atoms with Gasteiger partial charge in [-0.15, -0.1) is 0 Å². The predicted molar refractivity (Wildman–Crippen MR) is 160 cm³/mol. The van der Waals surface area contributed by atoms with Gasteiger partial charge in [0.05, 0.1) is 0 Å². The van der Waals surface area contributed by atoms with E-state index in [1.807, 2.05) is 0 Å². The molecule has 0 spiro atoms. The molecule has 0 nitrogen and oxygen atoms in total. The summed E-state index contributed by atoms with van der Waals surface area (Å²) in [5, 5.41) is 0. The zero-order valence-electron chi connectivity index (χ0n) is 20.7. The molecule has 0 aromatic heterocycles. The molecule has 0 aliphatic carbocycles. The molecule has 0 unspecified atom stereocenters. The predicted octanol–water partition coefficient (Wildman–Crippen LogP) is 7.20. The van der Waals surface area contributed by atoms with E-state index in [9.17, 15) is 0 Å². The monoisotopic (exact) mass is 528 g/mol. The van der Waals surface area contributed by atoms with Gasteiger partial charge in [0, 0.05) is 0 Å². The quantitative estimate of drug-likeness (QED) is 0.200. The summed E-state index contributed by atoms with van der Waals surface area (Å²) in [6.45, 7) is 0. The van der Waals surface area contributed by atoms with Crippen molar-refractivity contribution in [2.45, 2.75) is 0 Å². The van der Waals surface area contributed by atoms with E-state index in [1.54, 1.807) is 0 Å². The van der Waals surface area contributed by atoms with Crippen LogP contribution in [0.3, 0.4) is 0 Å². The summed E-state index contributed by atoms with van der Waals surface area (Å²) in [5.41, 5.74) is 7.59. The molecule has 0 amide bonds. The van der Waals surface area contributed by atoms with Gasteiger partial charge >= 0.3 is 226 Å². The second-order valence-corrected chi connectivity index (χ2v) is 15.4. The second-order valence-electron chi connectivity index (χ2n) is 9.40. The number of hydrogen-bond acceptors (Lipinski definition) is 0. The second kappa shape index (κ2) is 10.9. The molecule has 174 valence electrons. The van der Waals surface area contributed by atoms with E-state index < -0.39 is 16.2 Å². The van der Waals surface area contributed by atoms with Crippen LogP contribution in [0.2, 0.25) is 0 Å². The van der Waals surface area contributed by atoms with E-state index in [0.29, 0.717) is 0 Å². The molecule has 0 aliphatic rings. The first kappa shape index (κ1) is 23.4. The molecule has 0 saturated carbocycles. The van der Waals surface area contributed by atoms with Crippen LogP contribution in [0.25, 0.3) is 33.4 Å². The van der Waals surface area contributed by atoms with Crippen molar-refractivity contribution in [3.8, 4) is 33.4 Å². The van der Waals surface area contributed by atoms with Gasteiger partial charge in [0.1, 0.15) is 0 Å². The molecule has 0 atom stereocenters. The van der Waals surface area contributed by atoms with Crippen molar-refractivity contribution < 1.29 is 0 Å². The van der Waals surface area contributed by atoms with Gasteiger partial charge in [0.2, 0.25) is 0 Å². The van der Waals surface area contributed by atoms with Crippen LogP contribution in [0, 0.1) is 0 Å². The van der Waals surface area contributed by atoms with E-state index >= 15 is 0 Å². The molecular formula is C36H27Ga. The van der Waals surface area contributed by atoms with Crippen molar-refractivity contribution in [3.05, 3.63) is 164 Å². The van der Waals surface area contributed by atoms with E-state index in [4.69, 9.17) is 0 Å². The minimum absolute atomic E-state index is 1.26. The summed E-state index contributed by atoms with van der Waals surface area (Å²) in [6, 6.07) is 59.8. The van der Waals surface area contributed by atoms with Crippen molar-refractivity contribution in [3.63, 3.8) is 0 Å². The Hall–Kier alpha value is -4.04. The Morgan fingerprint density at radius 1 is 0.216 bits per heavy atom. The van der Waals surface area contributed by atoms with E-state index in [0.717, 1.165) is 0 Å². The minimum atomic E-state index is -2.28. The molecule has 0 fully saturated rings. The maximum atomic E-state index is 2.36. The zero-order valence-corrected chi connectivity index (χ0v) is 23.1. The van der Waals surface area contributed by atoms with Gasteiger partial charge in [-0.2, -0.15) is 0 Å². The fourth-order valence-electron chi connectivity index (χ4n) is 5.07. The Labute approximate surface area is 224 Å². The number of benzene rings is 6. The standard InChI is InChI=1S/3C12H9.Ga/c3*1-3-7-11(8-4-1)12-9-5-2-6-10-12;/h3*1,3-10H;. The van der Waals surface area contributed by atoms with Crippen molar-refractivity contribution in [2.24, 2.45) is 0 Å². The fourth-order valence-corrected chi connectivity index (χ4v) is 11.1. The van der Waals surface area contributed by atoms with Gasteiger partial charge in [-0.3, -0.25) is 0 Å². The van der Waals surface area contributed by atoms with Crippen LogP contribution in [0.5, 0.6) is 0 Å². The third kappa shape index (κ3) is 5.24. The van der Waals surface area contributed by atoms with E-state index in [2.05, 4.69) is 164 Å². The summed E-state index contributed by atoms with van der Waals surface area (Å²) in [7, 11) is 0. The molecule has 0 heterocycles. The van der Waals surface area contributed by atoms with Crippen molar-refractivity contribution >= 4 is 28.6 Å². The Kier molecular flexibility index (Phi) is 6.89. The summed E-state index contributed by atoms with van der Waals surface area (Å²) < 4.78 is 4.44. The fraction of sp³-hybridized carbons (Fsp3) is 0. The maximum absolute atomic E-state index is 2.36. The molecule has 37 heavy (non-hydrogen) atoms. The average molecular weight is 529 g/mol. The van der Waals surface area contributed by atoms with E-state index in [-0.39, 0.29) is 0 Å². The molecule has 0 N–H and O–H groups in total. The molecule has 6 aromatic rings. The summed E-state index contributed by atoms with van der Waals surface area (Å²) >= 11 is -2.28. The van der Waals surface area contributed by atoms with Crippen molar-refractivity contribution in [2.75, 3.05) is 0 Å². The Morgan fingerprint density at radius 2 is 0.432 bits per heavy atom. The SMILES string of the molecule is c1ccc(-c2cc[c]([Ga]([c]3ccc(-c4ccccc4)cc3)[c]3ccc(-c4ccccc4)cc3)cc2)cc1. The molecule has 6 rings (SSSR count). The summed E-state index contributed by atoms with van der Waals surface area (Å²) in [4.78, 5) is 0. The Balaban J connectivity index is 1.38. The van der Waals surface area contributed by atoms with Gasteiger partial charge in [0.25, 0.3) is 0 Å². The number of hydrogen-bond donors (Lipinski definition) is 0. The molecule has 0 bridgehead atoms. The van der Waals surface area contributed by atoms with Gasteiger partial charge in [-0.05, 0) is 0 Å².